The predicted molar refractivity (Wildman–Crippen MR) is 523 cm³/mol. The standard InChI is InChI=1S/C18H25B.C16H25B.C15H25B.C14H23B.C14H29B.C13H29BSi.C10H21B/c1-3-5-14-19(15-6-4-2)18-13-9-11-16-10-7-8-12-17(16)18;1-3-5-13-17(14-6-4-2)15-12-16-10-8-7-9-11-16;1-3-5-12-16(13-6-4-2)14-15-10-8-7-9-11-15;1-3-5-12-15(13-6-4-2)14-10-8-7-9-11-14;1-4-7-10-11-14-15(12-8-5-2)13-9-6-3;1-6-8-10-14(11-9-7-2)12-13-15(3,4)5;1-4-7-9-11(6-3)10-8-5-2/h7-13H,3-6,14-15H2,1-2H3;7-12,15H,3-6,13-14H2,1-2H3;7-11H,3-6,12-14H2,1-2H3;7-11H,3-6,12-13H2,1-2H3;11,14H,4-10,12-13H2,1-3H3;12-13H,6-11H2,1-5H3;6H,3-5,7-10H2,1-2H3. The molecule has 0 aromatic heterocycles. The molecule has 8 heteroatoms. The number of hydrogen-bond donors (Lipinski definition) is 0. The van der Waals surface area contributed by atoms with Crippen LogP contribution in [0, 0.1) is 0 Å². The lowest BCUT2D eigenvalue weighted by molar-refractivity contribution is 0.814. The van der Waals surface area contributed by atoms with Crippen LogP contribution in [-0.2, 0) is 6.32 Å². The highest BCUT2D eigenvalue weighted by molar-refractivity contribution is 6.82. The molecule has 5 rings (SSSR count). The molecule has 0 atom stereocenters. The van der Waals surface area contributed by atoms with Gasteiger partial charge in [0, 0.05) is 0 Å². The van der Waals surface area contributed by atoms with Crippen LogP contribution in [0.3, 0.4) is 0 Å². The van der Waals surface area contributed by atoms with Crippen molar-refractivity contribution < 1.29 is 0 Å². The van der Waals surface area contributed by atoms with E-state index >= 15 is 0 Å². The largest absolute Gasteiger partial charge is 0.176 e. The van der Waals surface area contributed by atoms with Gasteiger partial charge < -0.3 is 0 Å². The molecule has 0 unspecified atom stereocenters. The molecule has 0 aliphatic heterocycles. The summed E-state index contributed by atoms with van der Waals surface area (Å²) in [7, 11) is -0.979. The number of rotatable bonds is 55. The Labute approximate surface area is 682 Å². The molecule has 5 aromatic rings. The van der Waals surface area contributed by atoms with Gasteiger partial charge in [0.1, 0.15) is 6.71 Å². The minimum absolute atomic E-state index is 0.742. The van der Waals surface area contributed by atoms with Gasteiger partial charge in [-0.25, -0.2) is 0 Å². The maximum absolute atomic E-state index is 3.87. The van der Waals surface area contributed by atoms with Crippen LogP contribution in [-0.4, -0.2) is 55.1 Å². The normalized spacial score (nSPS) is 10.8. The first-order valence-corrected chi connectivity index (χ1v) is 50.5. The lowest BCUT2D eigenvalue weighted by atomic mass is 9.39. The highest BCUT2D eigenvalue weighted by Gasteiger charge is 2.19. The van der Waals surface area contributed by atoms with E-state index in [9.17, 15) is 0 Å². The smallest absolute Gasteiger partial charge is 0.123 e. The van der Waals surface area contributed by atoms with Gasteiger partial charge in [0.25, 0.3) is 0 Å². The number of allylic oxidation sites excluding steroid dienone is 1. The van der Waals surface area contributed by atoms with Crippen LogP contribution in [0.5, 0.6) is 0 Å². The molecule has 0 heterocycles. The van der Waals surface area contributed by atoms with E-state index in [1.807, 2.05) is 0 Å². The summed E-state index contributed by atoms with van der Waals surface area (Å²) in [5, 5.41) is 2.85. The van der Waals surface area contributed by atoms with Gasteiger partial charge in [-0.05, 0) is 29.1 Å². The third-order valence-electron chi connectivity index (χ3n) is 21.6. The van der Waals surface area contributed by atoms with E-state index in [0.29, 0.717) is 0 Å². The van der Waals surface area contributed by atoms with Crippen molar-refractivity contribution >= 4 is 82.8 Å². The van der Waals surface area contributed by atoms with Gasteiger partial charge in [0.05, 0.1) is 8.07 Å². The second-order valence-electron chi connectivity index (χ2n) is 33.3. The number of hydrogen-bond acceptors (Lipinski definition) is 0. The number of unbranched alkanes of at least 4 members (excludes halogenated alkanes) is 16. The maximum Gasteiger partial charge on any atom is 0.176 e. The van der Waals surface area contributed by atoms with Crippen LogP contribution >= 0.6 is 0 Å². The van der Waals surface area contributed by atoms with E-state index in [2.05, 4.69) is 305 Å². The van der Waals surface area contributed by atoms with Crippen LogP contribution in [0.1, 0.15) is 314 Å². The molecule has 0 spiro atoms. The summed E-state index contributed by atoms with van der Waals surface area (Å²) in [6, 6.07) is 48.2. The Bertz CT molecular complexity index is 2640. The molecule has 0 radical (unpaired) electrons. The third kappa shape index (κ3) is 63.5. The Hall–Kier alpha value is -4.01. The number of benzene rings is 5. The van der Waals surface area contributed by atoms with Crippen molar-refractivity contribution in [3.05, 3.63) is 187 Å². The Kier molecular flexibility index (Phi) is 78.2. The average Bonchev–Trinajstić information content (AvgIpc) is 0.814. The van der Waals surface area contributed by atoms with Crippen LogP contribution in [0.25, 0.3) is 16.8 Å². The topological polar surface area (TPSA) is 0 Å². The second kappa shape index (κ2) is 79.6. The summed E-state index contributed by atoms with van der Waals surface area (Å²) < 4.78 is 0. The van der Waals surface area contributed by atoms with E-state index < -0.39 is 8.07 Å². The van der Waals surface area contributed by atoms with E-state index in [1.54, 1.807) is 10.9 Å². The minimum Gasteiger partial charge on any atom is -0.123 e. The Morgan fingerprint density at radius 3 is 1.05 bits per heavy atom. The van der Waals surface area contributed by atoms with Crippen molar-refractivity contribution in [2.24, 2.45) is 0 Å². The molecule has 602 valence electrons. The molecule has 108 heavy (non-hydrogen) atoms. The van der Waals surface area contributed by atoms with E-state index in [0.717, 1.165) is 47.0 Å². The van der Waals surface area contributed by atoms with Crippen molar-refractivity contribution in [2.45, 2.75) is 417 Å². The highest BCUT2D eigenvalue weighted by Crippen LogP contribution is 2.21. The summed E-state index contributed by atoms with van der Waals surface area (Å²) in [6.45, 7) is 51.0. The van der Waals surface area contributed by atoms with Gasteiger partial charge in [0.15, 0.2) is 40.3 Å². The predicted octanol–water partition coefficient (Wildman–Crippen LogP) is 33.6. The van der Waals surface area contributed by atoms with E-state index in [4.69, 9.17) is 0 Å². The molecule has 0 fully saturated rings. The molecule has 0 aliphatic rings. The van der Waals surface area contributed by atoms with Gasteiger partial charge in [-0.2, -0.15) is 0 Å². The maximum atomic E-state index is 3.87. The fourth-order valence-electron chi connectivity index (χ4n) is 14.3. The summed E-state index contributed by atoms with van der Waals surface area (Å²) in [4.78, 5) is 0. The first-order chi connectivity index (χ1) is 52.7. The van der Waals surface area contributed by atoms with Gasteiger partial charge in [-0.15, -0.1) is 36.2 Å². The average molecular weight is 1480 g/mol. The molecular weight excluding hydrogens is 1300 g/mol. The Morgan fingerprint density at radius 2 is 0.639 bits per heavy atom. The van der Waals surface area contributed by atoms with Crippen molar-refractivity contribution in [2.75, 3.05) is 0 Å². The number of fused-ring (bicyclic) bond motifs is 1. The van der Waals surface area contributed by atoms with Crippen LogP contribution in [0.15, 0.2) is 176 Å². The Balaban J connectivity index is 0. The zero-order chi connectivity index (χ0) is 80.0. The lowest BCUT2D eigenvalue weighted by Crippen LogP contribution is -2.30. The molecule has 0 saturated heterocycles. The van der Waals surface area contributed by atoms with Crippen molar-refractivity contribution in [1.82, 2.24) is 0 Å². The zero-order valence-corrected chi connectivity index (χ0v) is 76.5. The van der Waals surface area contributed by atoms with Gasteiger partial charge in [-0.3, -0.25) is 0 Å². The molecule has 0 nitrogen and oxygen atoms in total. The first-order valence-electron chi connectivity index (χ1n) is 46.9. The quantitative estimate of drug-likeness (QED) is 0.0269. The molecule has 0 bridgehead atoms. The molecule has 0 saturated carbocycles. The van der Waals surface area contributed by atoms with Gasteiger partial charge in [-0.1, -0.05) is 567 Å². The van der Waals surface area contributed by atoms with Crippen LogP contribution in [0.4, 0.5) is 0 Å². The summed E-state index contributed by atoms with van der Waals surface area (Å²) >= 11 is 0. The monoisotopic (exact) mass is 1480 g/mol. The molecule has 0 aliphatic carbocycles. The van der Waals surface area contributed by atoms with Crippen LogP contribution < -0.4 is 10.9 Å². The second-order valence-corrected chi connectivity index (χ2v) is 38.3. The van der Waals surface area contributed by atoms with Gasteiger partial charge in [0.2, 0.25) is 0 Å². The SMILES string of the molecule is C=CB(CCCC)CCCC.CCCCB(C=C[Si](C)(C)C)CCCC.CCCCB(C=Cc1ccccc1)CCCC.CCCCB(CCCC)Cc1ccccc1.CCCCB(CCCC)c1cccc2ccccc12.CCCCB(CCCC)c1ccccc1.CCCCC=CB(CCCC)CCCC. The molecule has 0 N–H and O–H groups in total. The molecular formula is C100H177B7Si. The van der Waals surface area contributed by atoms with E-state index in [1.165, 1.54) is 316 Å². The van der Waals surface area contributed by atoms with Crippen molar-refractivity contribution in [1.29, 1.82) is 0 Å². The molecule has 0 amide bonds. The fraction of sp³-hybridized carbons (Fsp3) is 0.640. The van der Waals surface area contributed by atoms with E-state index in [-0.39, 0.29) is 0 Å². The first kappa shape index (κ1) is 106. The fourth-order valence-corrected chi connectivity index (χ4v) is 15.2. The zero-order valence-electron chi connectivity index (χ0n) is 75.5. The lowest BCUT2D eigenvalue weighted by Gasteiger charge is -2.16. The van der Waals surface area contributed by atoms with Crippen molar-refractivity contribution in [3.8, 4) is 0 Å². The minimum atomic E-state index is -0.979. The van der Waals surface area contributed by atoms with Gasteiger partial charge >= 0.3 is 0 Å². The Morgan fingerprint density at radius 1 is 0.306 bits per heavy atom. The molecule has 5 aromatic carbocycles. The summed E-state index contributed by atoms with van der Waals surface area (Å²) in [5.41, 5.74) is 8.48. The van der Waals surface area contributed by atoms with Crippen LogP contribution in [0.2, 0.25) is 108 Å². The van der Waals surface area contributed by atoms with Crippen molar-refractivity contribution in [3.63, 3.8) is 0 Å². The summed E-state index contributed by atoms with van der Waals surface area (Å²) in [6.07, 6.45) is 66.8. The summed E-state index contributed by atoms with van der Waals surface area (Å²) in [5.74, 6) is 9.56. The third-order valence-corrected chi connectivity index (χ3v) is 22.8. The highest BCUT2D eigenvalue weighted by atomic mass is 28.3.